The summed E-state index contributed by atoms with van der Waals surface area (Å²) < 4.78 is 12.9. The molecule has 12 rings (SSSR count). The van der Waals surface area contributed by atoms with Crippen molar-refractivity contribution in [1.29, 1.82) is 0 Å². The molecular formula is C63H95N11O13. The number of aromatic amines is 2. The second kappa shape index (κ2) is 22.6. The van der Waals surface area contributed by atoms with Crippen LogP contribution in [0.3, 0.4) is 0 Å². The van der Waals surface area contributed by atoms with Gasteiger partial charge in [-0.1, -0.05) is 64.5 Å². The van der Waals surface area contributed by atoms with Gasteiger partial charge in [-0.15, -0.1) is 0 Å². The number of rotatable bonds is 15. The van der Waals surface area contributed by atoms with Crippen molar-refractivity contribution in [3.63, 3.8) is 0 Å². The molecule has 19 N–H and O–H groups in total. The van der Waals surface area contributed by atoms with E-state index >= 15 is 4.79 Å². The Morgan fingerprint density at radius 2 is 1.74 bits per heavy atom. The lowest BCUT2D eigenvalue weighted by Gasteiger charge is -2.76. The first-order valence-electron chi connectivity index (χ1n) is 31.9. The second-order valence-corrected chi connectivity index (χ2v) is 29.4. The molecule has 480 valence electrons. The highest BCUT2D eigenvalue weighted by molar-refractivity contribution is 5.87. The lowest BCUT2D eigenvalue weighted by molar-refractivity contribution is -0.343. The number of nitrogens with two attached hydrogens (primary N) is 2. The van der Waals surface area contributed by atoms with E-state index in [2.05, 4.69) is 86.8 Å². The highest BCUT2D eigenvalue weighted by Gasteiger charge is 2.79. The molecule has 1 amide bonds. The van der Waals surface area contributed by atoms with E-state index in [1.165, 1.54) is 6.33 Å². The van der Waals surface area contributed by atoms with Crippen LogP contribution in [0.4, 0.5) is 5.82 Å². The first-order valence-corrected chi connectivity index (χ1v) is 31.9. The fourth-order valence-corrected chi connectivity index (χ4v) is 21.5. The Labute approximate surface area is 508 Å². The van der Waals surface area contributed by atoms with Crippen LogP contribution in [0, 0.1) is 109 Å². The zero-order valence-electron chi connectivity index (χ0n) is 51.0. The molecule has 2 aromatic heterocycles. The molecule has 5 saturated carbocycles. The highest BCUT2D eigenvalue weighted by atomic mass is 16.7. The van der Waals surface area contributed by atoms with E-state index in [4.69, 9.17) is 25.9 Å². The first kappa shape index (κ1) is 62.4. The van der Waals surface area contributed by atoms with Crippen LogP contribution in [0.1, 0.15) is 110 Å². The summed E-state index contributed by atoms with van der Waals surface area (Å²) in [5, 5.41) is 121. The molecule has 0 radical (unpaired) electrons. The molecule has 27 atom stereocenters. The van der Waals surface area contributed by atoms with Gasteiger partial charge in [-0.25, -0.2) is 9.97 Å². The Kier molecular flexibility index (Phi) is 16.2. The predicted molar refractivity (Wildman–Crippen MR) is 317 cm³/mol. The molecule has 0 unspecified atom stereocenters. The summed E-state index contributed by atoms with van der Waals surface area (Å²) in [7, 11) is 1.57. The molecule has 3 aliphatic heterocycles. The van der Waals surface area contributed by atoms with Crippen molar-refractivity contribution in [2.75, 3.05) is 58.4 Å². The summed E-state index contributed by atoms with van der Waals surface area (Å²) in [5.74, 6) is 0.982. The van der Waals surface area contributed by atoms with Gasteiger partial charge in [0.05, 0.1) is 60.7 Å². The van der Waals surface area contributed by atoms with Crippen LogP contribution in [-0.2, 0) is 25.5 Å². The van der Waals surface area contributed by atoms with Gasteiger partial charge < -0.3 is 98.1 Å². The number of imidazole rings is 2. The number of aliphatic hydroxyl groups excluding tert-OH is 8. The van der Waals surface area contributed by atoms with Crippen molar-refractivity contribution in [1.82, 2.24) is 35.9 Å². The Balaban J connectivity index is 1.07. The van der Waals surface area contributed by atoms with Gasteiger partial charge in [0.2, 0.25) is 5.91 Å². The van der Waals surface area contributed by atoms with Gasteiger partial charge in [0.15, 0.2) is 12.2 Å². The maximum Gasteiger partial charge on any atom is 0.310 e. The normalized spacial score (nSPS) is 46.7. The number of H-pyrrole nitrogens is 2. The van der Waals surface area contributed by atoms with Crippen LogP contribution in [0.15, 0.2) is 35.5 Å². The molecule has 87 heavy (non-hydrogen) atoms. The molecule has 10 aliphatic rings. The number of hydrogen-bond acceptors (Lipinski definition) is 18. The third-order valence-corrected chi connectivity index (χ3v) is 25.9. The largest absolute Gasteiger partial charge is 0.481 e. The number of guanidine groups is 1. The molecule has 7 fully saturated rings. The minimum Gasteiger partial charge on any atom is -0.481 e. The molecule has 24 nitrogen and oxygen atoms in total. The topological polar surface area (TPSA) is 405 Å². The number of nitrogens with one attached hydrogen (secondary N) is 6. The van der Waals surface area contributed by atoms with E-state index in [9.17, 15) is 50.8 Å². The molecular weight excluding hydrogens is 1120 g/mol. The van der Waals surface area contributed by atoms with Crippen molar-refractivity contribution in [2.45, 2.75) is 160 Å². The maximum atomic E-state index is 15.9. The number of aliphatic imine (C=N–C) groups is 1. The Morgan fingerprint density at radius 1 is 0.954 bits per heavy atom. The van der Waals surface area contributed by atoms with Gasteiger partial charge in [0, 0.05) is 86.9 Å². The van der Waals surface area contributed by atoms with Crippen LogP contribution in [0.25, 0.3) is 0 Å². The number of allylic oxidation sites excluding steroid dienone is 2. The molecule has 2 aromatic rings. The van der Waals surface area contributed by atoms with Crippen molar-refractivity contribution in [3.05, 3.63) is 41.9 Å². The van der Waals surface area contributed by atoms with Crippen LogP contribution >= 0.6 is 0 Å². The summed E-state index contributed by atoms with van der Waals surface area (Å²) in [4.78, 5) is 50.4. The van der Waals surface area contributed by atoms with Gasteiger partial charge in [-0.05, 0) is 121 Å². The van der Waals surface area contributed by atoms with Gasteiger partial charge >= 0.3 is 5.97 Å². The maximum absolute atomic E-state index is 15.9. The Bertz CT molecular complexity index is 3030. The highest BCUT2D eigenvalue weighted by Crippen LogP contribution is 2.80. The standard InChI is InChI=1S/C63H95N11O13/c1-57(26-75)14-15-63(55(84)85)37(21-57)33-18-30-9-10-31-8-7-12-62(31)35(44(74-54(62)83)43(40-24-68-28-71-40)45(78)32(51(64)82)22-67-16-17-69-56(65)66-6)19-36-46(79)50(87-53-48(81)47(80)41(77)25-86-53)58(2,27-76)42-11-13-59(3,49(30)60(36,42)4)61(33,5)34-20-39-52(73-29-72-39)70-23-38(34)63/h18,24,28-32,34-38,41-51,53,67,70,75-82H,7-8,11-17,19-23,25-27,64H2,1-6H3,(H,68,71)(H,72,73)(H,74,83)(H,84,85)(H3,65,66,69)/t30-,31+,32-,34-,35-,36-,37-,38-,41+,42+,43-,44+,45-,46+,47-,48+,49-,50+,51-,53-,57-,58-,59+,60-,61-,62-,63+/m0/s1. The van der Waals surface area contributed by atoms with Crippen molar-refractivity contribution in [3.8, 4) is 11.8 Å². The lowest BCUT2D eigenvalue weighted by Crippen LogP contribution is -2.75. The van der Waals surface area contributed by atoms with E-state index in [1.54, 1.807) is 19.6 Å². The zero-order valence-corrected chi connectivity index (χ0v) is 51.0. The van der Waals surface area contributed by atoms with E-state index < -0.39 is 165 Å². The van der Waals surface area contributed by atoms with E-state index in [0.717, 1.165) is 11.3 Å². The van der Waals surface area contributed by atoms with Gasteiger partial charge in [0.25, 0.3) is 0 Å². The third kappa shape index (κ3) is 9.07. The van der Waals surface area contributed by atoms with Crippen molar-refractivity contribution in [2.24, 2.45) is 114 Å². The van der Waals surface area contributed by atoms with Gasteiger partial charge in [0.1, 0.15) is 30.4 Å². The van der Waals surface area contributed by atoms with Gasteiger partial charge in [-0.2, -0.15) is 0 Å². The van der Waals surface area contributed by atoms with E-state index in [-0.39, 0.29) is 44.0 Å². The number of aliphatic carboxylic acids is 1. The van der Waals surface area contributed by atoms with E-state index in [1.807, 2.05) is 6.92 Å². The number of carbonyl (C=O) groups is 2. The number of amides is 1. The summed E-state index contributed by atoms with van der Waals surface area (Å²) in [6.45, 7) is 11.1. The van der Waals surface area contributed by atoms with Crippen LogP contribution in [-0.4, -0.2) is 192 Å². The molecule has 0 bridgehead atoms. The minimum absolute atomic E-state index is 0.0583. The number of carboxylic acid groups (broad SMARTS) is 1. The van der Waals surface area contributed by atoms with Crippen molar-refractivity contribution < 1.29 is 65.0 Å². The second-order valence-electron chi connectivity index (χ2n) is 29.4. The monoisotopic (exact) mass is 1210 g/mol. The number of anilines is 1. The summed E-state index contributed by atoms with van der Waals surface area (Å²) >= 11 is 0. The predicted octanol–water partition coefficient (Wildman–Crippen LogP) is 0.101. The van der Waals surface area contributed by atoms with Crippen LogP contribution in [0.2, 0.25) is 0 Å². The fourth-order valence-electron chi connectivity index (χ4n) is 21.5. The lowest BCUT2D eigenvalue weighted by atomic mass is 9.28. The summed E-state index contributed by atoms with van der Waals surface area (Å²) in [5.41, 5.74) is 7.91. The molecule has 24 heteroatoms. The number of carboxylic acids is 1. The Hall–Kier alpha value is -4.75. The average molecular weight is 1210 g/mol. The number of carbonyl (C=O) groups excluding carboxylic acids is 1. The van der Waals surface area contributed by atoms with E-state index in [0.29, 0.717) is 88.9 Å². The quantitative estimate of drug-likeness (QED) is 0.0214. The smallest absolute Gasteiger partial charge is 0.310 e. The molecule has 1 spiro atoms. The molecule has 2 saturated heterocycles. The van der Waals surface area contributed by atoms with Crippen molar-refractivity contribution >= 4 is 23.7 Å². The molecule has 0 aromatic carbocycles. The Morgan fingerprint density at radius 3 is 2.44 bits per heavy atom. The first-order chi connectivity index (χ1) is 41.4. The third-order valence-electron chi connectivity index (χ3n) is 25.9. The number of ether oxygens (including phenoxy) is 2. The average Bonchev–Trinajstić information content (AvgIpc) is 1.03. The molecule has 5 heterocycles. The number of hydrogen-bond donors (Lipinski definition) is 17. The number of aliphatic hydroxyl groups is 8. The van der Waals surface area contributed by atoms with Gasteiger partial charge in [-0.3, -0.25) is 14.6 Å². The molecule has 7 aliphatic carbocycles. The minimum atomic E-state index is -1.73. The SMILES string of the molecule is CN=C(N)NCCNC[C@@H]([C@H](O)[C@@H](c1cnc[nH]1)[C@@H]1NC(=O)[C@@]23CCC[C@@H]2C#C[C@H]2C=C4[C@@H]5C[C@@](C)(CO)CC[C@]5(C(=O)O)[C@H]5CNc6nc[nH]c6C[C@@H]5[C@@]4(C)[C@]4(C)CC[C@@H]5[C@](C)(CO)[C@H](O[C@@H]6OC[C@@H](O)[C@H](O)[C@H]6O)[C@H](O)[C@H](C[C@@H]13)[C@]5(C)[C@@H]24)[C@@H](N)O. The fraction of sp³-hybridized carbons (Fsp3) is 0.794. The van der Waals surface area contributed by atoms with Crippen LogP contribution < -0.4 is 32.7 Å². The summed E-state index contributed by atoms with van der Waals surface area (Å²) in [6, 6.07) is -0.878. The number of fused-ring (bicyclic) bond motifs is 8. The van der Waals surface area contributed by atoms with Crippen LogP contribution in [0.5, 0.6) is 0 Å². The number of aromatic nitrogens is 4. The zero-order chi connectivity index (χ0) is 62.1. The summed E-state index contributed by atoms with van der Waals surface area (Å²) in [6.07, 6.45) is -0.234. The number of nitrogens with zero attached hydrogens (tertiary/aromatic N) is 3.